The van der Waals surface area contributed by atoms with Crippen LogP contribution in [0.5, 0.6) is 0 Å². The molecule has 130 valence electrons. The van der Waals surface area contributed by atoms with E-state index < -0.39 is 0 Å². The lowest BCUT2D eigenvalue weighted by atomic mass is 10.1. The van der Waals surface area contributed by atoms with Crippen molar-refractivity contribution in [3.63, 3.8) is 0 Å². The van der Waals surface area contributed by atoms with Crippen LogP contribution in [0.3, 0.4) is 0 Å². The Morgan fingerprint density at radius 3 is 2.65 bits per heavy atom. The van der Waals surface area contributed by atoms with Crippen molar-refractivity contribution in [2.24, 2.45) is 0 Å². The number of nitrogens with zero attached hydrogens (tertiary/aromatic N) is 4. The molecule has 0 saturated carbocycles. The average molecular weight is 431 g/mol. The molecule has 1 N–H and O–H groups in total. The zero-order valence-electron chi connectivity index (χ0n) is 14.0. The van der Waals surface area contributed by atoms with E-state index in [2.05, 4.69) is 40.8 Å². The highest BCUT2D eigenvalue weighted by Crippen LogP contribution is 2.26. The van der Waals surface area contributed by atoms with Crippen LogP contribution in [0.15, 0.2) is 33.7 Å². The summed E-state index contributed by atoms with van der Waals surface area (Å²) in [4.78, 5) is 33.0. The van der Waals surface area contributed by atoms with Crippen molar-refractivity contribution in [1.29, 1.82) is 0 Å². The van der Waals surface area contributed by atoms with Gasteiger partial charge in [-0.15, -0.1) is 0 Å². The number of fused-ring (bicyclic) bond motifs is 2. The van der Waals surface area contributed by atoms with Crippen LogP contribution in [0.1, 0.15) is 22.8 Å². The molecule has 26 heavy (non-hydrogen) atoms. The van der Waals surface area contributed by atoms with Crippen LogP contribution in [0.25, 0.3) is 22.1 Å². The van der Waals surface area contributed by atoms with E-state index in [1.54, 1.807) is 18.3 Å². The molecule has 4 rings (SSSR count). The minimum Gasteiger partial charge on any atom is -0.310 e. The Kier molecular flexibility index (Phi) is 4.20. The number of hydrogen-bond donors (Lipinski definition) is 1. The quantitative estimate of drug-likeness (QED) is 0.521. The summed E-state index contributed by atoms with van der Waals surface area (Å²) < 4.78 is 0.698. The van der Waals surface area contributed by atoms with Crippen LogP contribution in [-0.2, 0) is 6.42 Å². The number of H-pyrrole nitrogens is 1. The number of aryl methyl sites for hydroxylation is 2. The Labute approximate surface area is 161 Å². The summed E-state index contributed by atoms with van der Waals surface area (Å²) in [5, 5.41) is 0.927. The number of aromatic nitrogens is 5. The molecule has 0 spiro atoms. The van der Waals surface area contributed by atoms with Gasteiger partial charge in [0.05, 0.1) is 27.3 Å². The average Bonchev–Trinajstić information content (AvgIpc) is 2.58. The van der Waals surface area contributed by atoms with Gasteiger partial charge in [0.25, 0.3) is 5.56 Å². The van der Waals surface area contributed by atoms with Gasteiger partial charge in [0.1, 0.15) is 11.3 Å². The summed E-state index contributed by atoms with van der Waals surface area (Å²) in [6, 6.07) is 5.27. The molecule has 4 aromatic rings. The van der Waals surface area contributed by atoms with Gasteiger partial charge in [-0.05, 0) is 53.5 Å². The van der Waals surface area contributed by atoms with Gasteiger partial charge in [0.15, 0.2) is 5.65 Å². The second kappa shape index (κ2) is 6.41. The second-order valence-corrected chi connectivity index (χ2v) is 7.32. The summed E-state index contributed by atoms with van der Waals surface area (Å²) in [5.74, 6) is 0.551. The van der Waals surface area contributed by atoms with Crippen LogP contribution in [0, 0.1) is 13.8 Å². The van der Waals surface area contributed by atoms with Gasteiger partial charge in [-0.25, -0.2) is 19.9 Å². The number of hydrogen-bond acceptors (Lipinski definition) is 5. The zero-order valence-corrected chi connectivity index (χ0v) is 16.3. The van der Waals surface area contributed by atoms with Crippen LogP contribution in [0.4, 0.5) is 0 Å². The predicted molar refractivity (Wildman–Crippen MR) is 105 cm³/mol. The molecule has 3 aromatic heterocycles. The van der Waals surface area contributed by atoms with Gasteiger partial charge in [-0.2, -0.15) is 0 Å². The van der Waals surface area contributed by atoms with Crippen molar-refractivity contribution in [3.8, 4) is 0 Å². The minimum atomic E-state index is -0.223. The van der Waals surface area contributed by atoms with Gasteiger partial charge in [0.2, 0.25) is 0 Å². The fraction of sp³-hybridized carbons (Fsp3) is 0.167. The number of benzene rings is 1. The Bertz CT molecular complexity index is 1240. The van der Waals surface area contributed by atoms with Gasteiger partial charge < -0.3 is 4.98 Å². The number of pyridine rings is 1. The molecule has 1 aromatic carbocycles. The maximum atomic E-state index is 12.3. The zero-order chi connectivity index (χ0) is 18.4. The third kappa shape index (κ3) is 3.08. The Morgan fingerprint density at radius 2 is 1.85 bits per heavy atom. The van der Waals surface area contributed by atoms with E-state index >= 15 is 0 Å². The normalized spacial score (nSPS) is 11.4. The predicted octanol–water partition coefficient (Wildman–Crippen LogP) is 3.88. The Balaban J connectivity index is 1.77. The third-order valence-electron chi connectivity index (χ3n) is 4.16. The molecule has 6 nitrogen and oxygen atoms in total. The number of nitrogens with one attached hydrogen (secondary N) is 1. The van der Waals surface area contributed by atoms with Gasteiger partial charge in [-0.3, -0.25) is 4.79 Å². The van der Waals surface area contributed by atoms with E-state index in [9.17, 15) is 4.79 Å². The molecule has 0 aliphatic heterocycles. The second-order valence-electron chi connectivity index (χ2n) is 6.05. The largest absolute Gasteiger partial charge is 0.310 e. The monoisotopic (exact) mass is 429 g/mol. The molecule has 0 amide bonds. The summed E-state index contributed by atoms with van der Waals surface area (Å²) >= 11 is 9.42. The van der Waals surface area contributed by atoms with E-state index in [1.165, 1.54) is 0 Å². The number of aromatic amines is 1. The maximum absolute atomic E-state index is 12.3. The fourth-order valence-corrected chi connectivity index (χ4v) is 3.21. The van der Waals surface area contributed by atoms with Crippen molar-refractivity contribution in [2.75, 3.05) is 0 Å². The van der Waals surface area contributed by atoms with Crippen molar-refractivity contribution in [3.05, 3.63) is 67.0 Å². The first-order chi connectivity index (χ1) is 12.4. The molecular weight excluding hydrogens is 418 g/mol. The number of halogens is 2. The van der Waals surface area contributed by atoms with Gasteiger partial charge in [0, 0.05) is 17.1 Å². The topological polar surface area (TPSA) is 84.4 Å². The summed E-state index contributed by atoms with van der Waals surface area (Å²) in [5.41, 5.74) is 4.32. The van der Waals surface area contributed by atoms with Crippen molar-refractivity contribution < 1.29 is 0 Å². The molecule has 0 aliphatic rings. The molecule has 0 atom stereocenters. The first kappa shape index (κ1) is 17.1. The Morgan fingerprint density at radius 1 is 1.08 bits per heavy atom. The summed E-state index contributed by atoms with van der Waals surface area (Å²) in [7, 11) is 0. The molecule has 0 unspecified atom stereocenters. The van der Waals surface area contributed by atoms with E-state index in [4.69, 9.17) is 11.6 Å². The van der Waals surface area contributed by atoms with Crippen molar-refractivity contribution in [1.82, 2.24) is 24.9 Å². The van der Waals surface area contributed by atoms with Crippen molar-refractivity contribution in [2.45, 2.75) is 20.3 Å². The molecule has 0 fully saturated rings. The number of rotatable bonds is 2. The van der Waals surface area contributed by atoms with Crippen LogP contribution >= 0.6 is 27.5 Å². The molecule has 0 bridgehead atoms. The van der Waals surface area contributed by atoms with Crippen LogP contribution in [-0.4, -0.2) is 24.9 Å². The van der Waals surface area contributed by atoms with Crippen LogP contribution < -0.4 is 5.56 Å². The third-order valence-corrected chi connectivity index (χ3v) is 5.35. The first-order valence-corrected chi connectivity index (χ1v) is 9.05. The summed E-state index contributed by atoms with van der Waals surface area (Å²) in [6.07, 6.45) is 2.16. The standard InChI is InChI=1S/C18H13BrClN5O/c1-8-9(2)23-17-15(22-8)3-10(7-21-17)4-16-24-14-6-12(19)13(20)5-11(14)18(26)25-16/h3,5-7H,4H2,1-2H3,(H,24,25,26). The fourth-order valence-electron chi connectivity index (χ4n) is 2.71. The molecule has 0 radical (unpaired) electrons. The smallest absolute Gasteiger partial charge is 0.258 e. The molecular formula is C18H13BrClN5O. The SMILES string of the molecule is Cc1nc2cc(Cc3nc4cc(Br)c(Cl)cc4c(=O)[nH]3)cnc2nc1C. The first-order valence-electron chi connectivity index (χ1n) is 7.88. The van der Waals surface area contributed by atoms with Crippen LogP contribution in [0.2, 0.25) is 5.02 Å². The Hall–Kier alpha value is -2.38. The highest BCUT2D eigenvalue weighted by Gasteiger charge is 2.10. The van der Waals surface area contributed by atoms with Gasteiger partial charge in [-0.1, -0.05) is 11.6 Å². The molecule has 0 aliphatic carbocycles. The highest BCUT2D eigenvalue weighted by atomic mass is 79.9. The highest BCUT2D eigenvalue weighted by molar-refractivity contribution is 9.10. The van der Waals surface area contributed by atoms with E-state index in [0.717, 1.165) is 22.5 Å². The van der Waals surface area contributed by atoms with E-state index in [0.29, 0.717) is 38.3 Å². The van der Waals surface area contributed by atoms with E-state index in [1.807, 2.05) is 19.9 Å². The van der Waals surface area contributed by atoms with Gasteiger partial charge >= 0.3 is 0 Å². The molecule has 3 heterocycles. The lowest BCUT2D eigenvalue weighted by Crippen LogP contribution is -2.12. The molecule has 8 heteroatoms. The minimum absolute atomic E-state index is 0.223. The van der Waals surface area contributed by atoms with Crippen molar-refractivity contribution >= 4 is 49.6 Å². The molecule has 0 saturated heterocycles. The lowest BCUT2D eigenvalue weighted by Gasteiger charge is -2.06. The van der Waals surface area contributed by atoms with E-state index in [-0.39, 0.29) is 5.56 Å². The summed E-state index contributed by atoms with van der Waals surface area (Å²) in [6.45, 7) is 3.82. The maximum Gasteiger partial charge on any atom is 0.258 e. The lowest BCUT2D eigenvalue weighted by molar-refractivity contribution is 0.965.